The van der Waals surface area contributed by atoms with E-state index in [1.165, 1.54) is 9.36 Å². The van der Waals surface area contributed by atoms with Crippen molar-refractivity contribution in [1.82, 2.24) is 29.3 Å². The molecule has 0 saturated heterocycles. The van der Waals surface area contributed by atoms with Crippen LogP contribution in [0, 0.1) is 20.8 Å². The number of rotatable bonds is 8. The van der Waals surface area contributed by atoms with Crippen molar-refractivity contribution in [2.75, 3.05) is 0 Å². The number of hydrogen-bond donors (Lipinski definition) is 2. The van der Waals surface area contributed by atoms with Crippen LogP contribution in [0.3, 0.4) is 0 Å². The van der Waals surface area contributed by atoms with Gasteiger partial charge in [-0.1, -0.05) is 72.8 Å². The minimum absolute atomic E-state index is 0.266. The molecule has 7 aromatic rings. The molecule has 0 unspecified atom stereocenters. The van der Waals surface area contributed by atoms with Crippen LogP contribution in [0.15, 0.2) is 131 Å². The predicted octanol–water partition coefficient (Wildman–Crippen LogP) is 6.73. The molecule has 9 heteroatoms. The second-order valence-electron chi connectivity index (χ2n) is 11.2. The Hall–Kier alpha value is -6.09. The second-order valence-corrected chi connectivity index (χ2v) is 11.2. The maximum absolute atomic E-state index is 14.5. The standard InChI is InChI=1S/C37H32N6O3/c1-24-31(35(44)41(38-24)27-16-8-4-9-17-27)34(32-25(2)39-42(36(32)45)28-18-10-5-11-19-28)33-26(3)40-43(29-20-12-6-13-21-29)37(33)46-30-22-14-7-15-23-30/h4-23,34,38-39H,1-3H3. The number of benzene rings is 4. The van der Waals surface area contributed by atoms with Gasteiger partial charge in [0.1, 0.15) is 5.75 Å². The van der Waals surface area contributed by atoms with Crippen LogP contribution in [0.1, 0.15) is 39.7 Å². The molecule has 0 aliphatic heterocycles. The molecular weight excluding hydrogens is 576 g/mol. The number of nitrogens with one attached hydrogen (secondary N) is 2. The van der Waals surface area contributed by atoms with E-state index >= 15 is 0 Å². The summed E-state index contributed by atoms with van der Waals surface area (Å²) < 4.78 is 11.4. The van der Waals surface area contributed by atoms with Crippen molar-refractivity contribution in [2.24, 2.45) is 0 Å². The van der Waals surface area contributed by atoms with E-state index in [1.54, 1.807) is 4.68 Å². The van der Waals surface area contributed by atoms with Crippen LogP contribution in [0.4, 0.5) is 0 Å². The van der Waals surface area contributed by atoms with Crippen molar-refractivity contribution in [2.45, 2.75) is 26.7 Å². The summed E-state index contributed by atoms with van der Waals surface area (Å²) in [7, 11) is 0. The third kappa shape index (κ3) is 4.97. The molecule has 0 bridgehead atoms. The first-order valence-corrected chi connectivity index (χ1v) is 15.0. The Morgan fingerprint density at radius 2 is 0.978 bits per heavy atom. The maximum atomic E-state index is 14.5. The molecule has 2 N–H and O–H groups in total. The van der Waals surface area contributed by atoms with Gasteiger partial charge in [0.05, 0.1) is 45.4 Å². The van der Waals surface area contributed by atoms with Gasteiger partial charge >= 0.3 is 0 Å². The van der Waals surface area contributed by atoms with E-state index in [0.717, 1.165) is 5.69 Å². The van der Waals surface area contributed by atoms with Crippen molar-refractivity contribution in [3.8, 4) is 28.7 Å². The van der Waals surface area contributed by atoms with Gasteiger partial charge in [0, 0.05) is 11.4 Å². The molecular formula is C37H32N6O3. The van der Waals surface area contributed by atoms with Crippen molar-refractivity contribution in [1.29, 1.82) is 0 Å². The molecule has 0 amide bonds. The van der Waals surface area contributed by atoms with E-state index < -0.39 is 5.92 Å². The molecule has 46 heavy (non-hydrogen) atoms. The first-order valence-electron chi connectivity index (χ1n) is 15.0. The van der Waals surface area contributed by atoms with Crippen LogP contribution >= 0.6 is 0 Å². The van der Waals surface area contributed by atoms with E-state index in [0.29, 0.717) is 56.8 Å². The summed E-state index contributed by atoms with van der Waals surface area (Å²) in [5.41, 5.74) is 4.97. The lowest BCUT2D eigenvalue weighted by atomic mass is 9.85. The largest absolute Gasteiger partial charge is 0.439 e. The van der Waals surface area contributed by atoms with Crippen LogP contribution in [-0.2, 0) is 0 Å². The second kappa shape index (κ2) is 11.8. The van der Waals surface area contributed by atoms with Gasteiger partial charge in [-0.05, 0) is 69.3 Å². The molecule has 0 saturated carbocycles. The highest BCUT2D eigenvalue weighted by atomic mass is 16.5. The molecule has 0 aliphatic carbocycles. The third-order valence-electron chi connectivity index (χ3n) is 8.15. The number of aromatic amines is 2. The fourth-order valence-electron chi connectivity index (χ4n) is 6.04. The molecule has 0 radical (unpaired) electrons. The average Bonchev–Trinajstić information content (AvgIpc) is 3.69. The molecule has 7 rings (SSSR count). The topological polar surface area (TPSA) is 103 Å². The molecule has 0 atom stereocenters. The van der Waals surface area contributed by atoms with Crippen LogP contribution in [-0.4, -0.2) is 29.3 Å². The highest BCUT2D eigenvalue weighted by Gasteiger charge is 2.37. The minimum Gasteiger partial charge on any atom is -0.439 e. The molecule has 0 aliphatic rings. The Morgan fingerprint density at radius 3 is 1.43 bits per heavy atom. The fourth-order valence-corrected chi connectivity index (χ4v) is 6.04. The SMILES string of the molecule is Cc1nn(-c2ccccc2)c(Oc2ccccc2)c1C(c1c(C)[nH]n(-c2ccccc2)c1=O)c1c(C)[nH]n(-c2ccccc2)c1=O. The highest BCUT2D eigenvalue weighted by Crippen LogP contribution is 2.42. The number of H-pyrrole nitrogens is 2. The lowest BCUT2D eigenvalue weighted by Gasteiger charge is -2.18. The summed E-state index contributed by atoms with van der Waals surface area (Å²) in [5.74, 6) is 0.176. The molecule has 4 aromatic carbocycles. The van der Waals surface area contributed by atoms with Crippen LogP contribution in [0.25, 0.3) is 17.1 Å². The van der Waals surface area contributed by atoms with Gasteiger partial charge in [0.2, 0.25) is 5.88 Å². The molecule has 0 fully saturated rings. The molecule has 0 spiro atoms. The molecule has 228 valence electrons. The molecule has 9 nitrogen and oxygen atoms in total. The van der Waals surface area contributed by atoms with E-state index in [2.05, 4.69) is 10.2 Å². The van der Waals surface area contributed by atoms with E-state index in [4.69, 9.17) is 9.84 Å². The van der Waals surface area contributed by atoms with Gasteiger partial charge in [-0.3, -0.25) is 19.8 Å². The van der Waals surface area contributed by atoms with E-state index in [1.807, 2.05) is 142 Å². The van der Waals surface area contributed by atoms with Crippen LogP contribution in [0.2, 0.25) is 0 Å². The van der Waals surface area contributed by atoms with Crippen molar-refractivity contribution in [3.05, 3.63) is 176 Å². The van der Waals surface area contributed by atoms with Gasteiger partial charge in [-0.2, -0.15) is 5.10 Å². The summed E-state index contributed by atoms with van der Waals surface area (Å²) in [4.78, 5) is 29.0. The maximum Gasteiger partial charge on any atom is 0.275 e. The summed E-state index contributed by atoms with van der Waals surface area (Å²) >= 11 is 0. The van der Waals surface area contributed by atoms with Crippen molar-refractivity contribution >= 4 is 0 Å². The molecule has 3 aromatic heterocycles. The number of para-hydroxylation sites is 4. The van der Waals surface area contributed by atoms with E-state index in [9.17, 15) is 9.59 Å². The monoisotopic (exact) mass is 608 g/mol. The number of nitrogens with zero attached hydrogens (tertiary/aromatic N) is 4. The first-order chi connectivity index (χ1) is 22.4. The summed E-state index contributed by atoms with van der Waals surface area (Å²) in [5, 5.41) is 11.5. The Balaban J connectivity index is 1.55. The zero-order chi connectivity index (χ0) is 31.8. The summed E-state index contributed by atoms with van der Waals surface area (Å²) in [6.07, 6.45) is 0. The van der Waals surface area contributed by atoms with Crippen LogP contribution < -0.4 is 15.9 Å². The van der Waals surface area contributed by atoms with Gasteiger partial charge < -0.3 is 4.74 Å². The van der Waals surface area contributed by atoms with Gasteiger partial charge in [-0.25, -0.2) is 14.0 Å². The first kappa shape index (κ1) is 28.7. The van der Waals surface area contributed by atoms with Gasteiger partial charge in [0.25, 0.3) is 11.1 Å². The highest BCUT2D eigenvalue weighted by molar-refractivity contribution is 5.55. The Morgan fingerprint density at radius 1 is 0.565 bits per heavy atom. The number of hydrogen-bond acceptors (Lipinski definition) is 4. The molecule has 3 heterocycles. The Kier molecular flexibility index (Phi) is 7.34. The van der Waals surface area contributed by atoms with Gasteiger partial charge in [-0.15, -0.1) is 0 Å². The van der Waals surface area contributed by atoms with Crippen molar-refractivity contribution < 1.29 is 4.74 Å². The minimum atomic E-state index is -0.835. The normalized spacial score (nSPS) is 11.3. The Labute approximate surface area is 264 Å². The zero-order valence-electron chi connectivity index (χ0n) is 25.6. The Bertz CT molecular complexity index is 2150. The van der Waals surface area contributed by atoms with E-state index in [-0.39, 0.29) is 11.1 Å². The zero-order valence-corrected chi connectivity index (χ0v) is 25.6. The number of ether oxygens (including phenoxy) is 1. The number of aryl methyl sites for hydroxylation is 3. The number of aromatic nitrogens is 6. The smallest absolute Gasteiger partial charge is 0.275 e. The average molecular weight is 609 g/mol. The quantitative estimate of drug-likeness (QED) is 0.200. The lowest BCUT2D eigenvalue weighted by Crippen LogP contribution is -2.26. The fraction of sp³-hybridized carbons (Fsp3) is 0.108. The summed E-state index contributed by atoms with van der Waals surface area (Å²) in [6, 6.07) is 37.9. The van der Waals surface area contributed by atoms with Crippen molar-refractivity contribution in [3.63, 3.8) is 0 Å². The third-order valence-corrected chi connectivity index (χ3v) is 8.15. The lowest BCUT2D eigenvalue weighted by molar-refractivity contribution is 0.438. The van der Waals surface area contributed by atoms with Gasteiger partial charge in [0.15, 0.2) is 0 Å². The predicted molar refractivity (Wildman–Crippen MR) is 178 cm³/mol. The summed E-state index contributed by atoms with van der Waals surface area (Å²) in [6.45, 7) is 5.60. The van der Waals surface area contributed by atoms with Crippen LogP contribution in [0.5, 0.6) is 11.6 Å².